The second kappa shape index (κ2) is 3.35. The van der Waals surface area contributed by atoms with Gasteiger partial charge in [-0.05, 0) is 12.3 Å². The highest BCUT2D eigenvalue weighted by atomic mass is 32.2. The molecule has 1 aromatic heterocycles. The van der Waals surface area contributed by atoms with Crippen LogP contribution in [0.25, 0.3) is 0 Å². The number of halogens is 1. The lowest BCUT2D eigenvalue weighted by Crippen LogP contribution is -1.87. The molecule has 0 atom stereocenters. The van der Waals surface area contributed by atoms with E-state index in [1.54, 1.807) is 6.26 Å². The Morgan fingerprint density at radius 2 is 2.45 bits per heavy atom. The third kappa shape index (κ3) is 1.69. The molecule has 1 rings (SSSR count). The predicted molar refractivity (Wildman–Crippen MR) is 40.7 cm³/mol. The number of hydrogen-bond acceptors (Lipinski definition) is 3. The van der Waals surface area contributed by atoms with Crippen molar-refractivity contribution >= 4 is 11.8 Å². The molecule has 1 aromatic rings. The summed E-state index contributed by atoms with van der Waals surface area (Å²) in [5.74, 6) is -0.434. The van der Waals surface area contributed by atoms with Gasteiger partial charge in [0.25, 0.3) is 0 Å². The van der Waals surface area contributed by atoms with Crippen molar-refractivity contribution < 1.29 is 4.39 Å². The van der Waals surface area contributed by atoms with Gasteiger partial charge in [-0.1, -0.05) is 0 Å². The Kier molecular flexibility index (Phi) is 2.44. The summed E-state index contributed by atoms with van der Waals surface area (Å²) in [6.07, 6.45) is 3.09. The smallest absolute Gasteiger partial charge is 0.156 e. The van der Waals surface area contributed by atoms with E-state index in [0.29, 0.717) is 5.03 Å². The lowest BCUT2D eigenvalue weighted by atomic mass is 10.3. The van der Waals surface area contributed by atoms with Crippen molar-refractivity contribution in [2.75, 3.05) is 6.26 Å². The first-order chi connectivity index (χ1) is 5.27. The molecule has 0 spiro atoms. The Bertz CT molecular complexity index is 306. The molecule has 0 bridgehead atoms. The topological polar surface area (TPSA) is 36.7 Å². The molecule has 2 nitrogen and oxygen atoms in total. The molecule has 0 aliphatic rings. The fraction of sp³-hybridized carbons (Fsp3) is 0.143. The maximum absolute atomic E-state index is 12.8. The number of hydrogen-bond donors (Lipinski definition) is 0. The minimum absolute atomic E-state index is 0.250. The van der Waals surface area contributed by atoms with Crippen LogP contribution in [-0.2, 0) is 0 Å². The molecule has 0 unspecified atom stereocenters. The minimum atomic E-state index is -0.434. The molecule has 0 aliphatic heterocycles. The molecular weight excluding hydrogens is 163 g/mol. The lowest BCUT2D eigenvalue weighted by molar-refractivity contribution is 0.587. The summed E-state index contributed by atoms with van der Waals surface area (Å²) < 4.78 is 12.8. The second-order valence-electron chi connectivity index (χ2n) is 1.83. The van der Waals surface area contributed by atoms with Gasteiger partial charge >= 0.3 is 0 Å². The first kappa shape index (κ1) is 8.02. The molecule has 0 saturated heterocycles. The van der Waals surface area contributed by atoms with E-state index >= 15 is 0 Å². The second-order valence-corrected chi connectivity index (χ2v) is 2.62. The van der Waals surface area contributed by atoms with E-state index in [1.165, 1.54) is 24.0 Å². The van der Waals surface area contributed by atoms with Gasteiger partial charge in [0, 0.05) is 6.20 Å². The molecule has 56 valence electrons. The van der Waals surface area contributed by atoms with E-state index in [9.17, 15) is 4.39 Å². The van der Waals surface area contributed by atoms with E-state index in [-0.39, 0.29) is 5.56 Å². The molecule has 4 heteroatoms. The number of pyridine rings is 1. The zero-order chi connectivity index (χ0) is 8.27. The van der Waals surface area contributed by atoms with Gasteiger partial charge in [0.1, 0.15) is 11.1 Å². The van der Waals surface area contributed by atoms with Crippen molar-refractivity contribution in [2.24, 2.45) is 0 Å². The van der Waals surface area contributed by atoms with Crippen LogP contribution in [0.3, 0.4) is 0 Å². The molecule has 0 fully saturated rings. The van der Waals surface area contributed by atoms with Crippen LogP contribution in [0.4, 0.5) is 4.39 Å². The van der Waals surface area contributed by atoms with Gasteiger partial charge in [-0.15, -0.1) is 11.8 Å². The number of thioether (sulfide) groups is 1. The van der Waals surface area contributed by atoms with Crippen molar-refractivity contribution in [2.45, 2.75) is 5.03 Å². The van der Waals surface area contributed by atoms with Gasteiger partial charge in [0.2, 0.25) is 0 Å². The maximum Gasteiger partial charge on any atom is 0.156 e. The number of nitriles is 1. The van der Waals surface area contributed by atoms with Crippen LogP contribution >= 0.6 is 11.8 Å². The summed E-state index contributed by atoms with van der Waals surface area (Å²) in [6, 6.07) is 2.99. The zero-order valence-corrected chi connectivity index (χ0v) is 6.65. The van der Waals surface area contributed by atoms with E-state index in [2.05, 4.69) is 4.98 Å². The normalized spacial score (nSPS) is 9.18. The SMILES string of the molecule is CSc1ncc(C#N)cc1F. The number of rotatable bonds is 1. The number of nitrogens with zero attached hydrogens (tertiary/aromatic N) is 2. The average molecular weight is 168 g/mol. The lowest BCUT2D eigenvalue weighted by Gasteiger charge is -1.95. The summed E-state index contributed by atoms with van der Waals surface area (Å²) in [5.41, 5.74) is 0.250. The van der Waals surface area contributed by atoms with Gasteiger partial charge in [-0.25, -0.2) is 9.37 Å². The van der Waals surface area contributed by atoms with Crippen LogP contribution in [0, 0.1) is 17.1 Å². The summed E-state index contributed by atoms with van der Waals surface area (Å²) >= 11 is 1.22. The van der Waals surface area contributed by atoms with Crippen LogP contribution in [0.1, 0.15) is 5.56 Å². The largest absolute Gasteiger partial charge is 0.245 e. The quantitative estimate of drug-likeness (QED) is 0.600. The van der Waals surface area contributed by atoms with Crippen molar-refractivity contribution in [1.29, 1.82) is 5.26 Å². The van der Waals surface area contributed by atoms with Crippen LogP contribution < -0.4 is 0 Å². The monoisotopic (exact) mass is 168 g/mol. The number of aromatic nitrogens is 1. The van der Waals surface area contributed by atoms with Gasteiger partial charge in [-0.2, -0.15) is 5.26 Å². The Labute approximate surface area is 68.1 Å². The van der Waals surface area contributed by atoms with E-state index < -0.39 is 5.82 Å². The molecule has 0 aliphatic carbocycles. The molecular formula is C7H5FN2S. The molecule has 11 heavy (non-hydrogen) atoms. The van der Waals surface area contributed by atoms with E-state index in [1.807, 2.05) is 6.07 Å². The van der Waals surface area contributed by atoms with Crippen molar-refractivity contribution in [3.05, 3.63) is 23.6 Å². The fourth-order valence-electron chi connectivity index (χ4n) is 0.637. The maximum atomic E-state index is 12.8. The highest BCUT2D eigenvalue weighted by molar-refractivity contribution is 7.98. The first-order valence-electron chi connectivity index (χ1n) is 2.87. The van der Waals surface area contributed by atoms with Gasteiger partial charge in [0.15, 0.2) is 5.82 Å². The Morgan fingerprint density at radius 3 is 2.91 bits per heavy atom. The minimum Gasteiger partial charge on any atom is -0.245 e. The summed E-state index contributed by atoms with van der Waals surface area (Å²) in [6.45, 7) is 0. The van der Waals surface area contributed by atoms with Crippen molar-refractivity contribution in [1.82, 2.24) is 4.98 Å². The van der Waals surface area contributed by atoms with Crippen molar-refractivity contribution in [3.8, 4) is 6.07 Å². The molecule has 0 amide bonds. The first-order valence-corrected chi connectivity index (χ1v) is 4.10. The molecule has 0 N–H and O–H groups in total. The van der Waals surface area contributed by atoms with Gasteiger partial charge in [-0.3, -0.25) is 0 Å². The van der Waals surface area contributed by atoms with Crippen LogP contribution in [0.15, 0.2) is 17.3 Å². The summed E-state index contributed by atoms with van der Waals surface area (Å²) in [5, 5.41) is 8.69. The Balaban J connectivity index is 3.12. The third-order valence-corrected chi connectivity index (χ3v) is 1.82. The third-order valence-electron chi connectivity index (χ3n) is 1.13. The molecule has 0 radical (unpaired) electrons. The van der Waals surface area contributed by atoms with Crippen LogP contribution in [0.5, 0.6) is 0 Å². The van der Waals surface area contributed by atoms with Crippen molar-refractivity contribution in [3.63, 3.8) is 0 Å². The van der Waals surface area contributed by atoms with Crippen LogP contribution in [-0.4, -0.2) is 11.2 Å². The summed E-state index contributed by atoms with van der Waals surface area (Å²) in [7, 11) is 0. The highest BCUT2D eigenvalue weighted by Crippen LogP contribution is 2.15. The molecule has 0 aromatic carbocycles. The van der Waals surface area contributed by atoms with Gasteiger partial charge < -0.3 is 0 Å². The van der Waals surface area contributed by atoms with Crippen LogP contribution in [0.2, 0.25) is 0 Å². The fourth-order valence-corrected chi connectivity index (χ4v) is 1.05. The highest BCUT2D eigenvalue weighted by Gasteiger charge is 2.02. The van der Waals surface area contributed by atoms with E-state index in [4.69, 9.17) is 5.26 Å². The van der Waals surface area contributed by atoms with Gasteiger partial charge in [0.05, 0.1) is 5.56 Å². The Hall–Kier alpha value is -1.08. The molecule has 1 heterocycles. The zero-order valence-electron chi connectivity index (χ0n) is 5.84. The molecule has 0 saturated carbocycles. The Morgan fingerprint density at radius 1 is 1.73 bits per heavy atom. The predicted octanol–water partition coefficient (Wildman–Crippen LogP) is 1.81. The van der Waals surface area contributed by atoms with E-state index in [0.717, 1.165) is 0 Å². The average Bonchev–Trinajstić information content (AvgIpc) is 2.04. The standard InChI is InChI=1S/C7H5FN2S/c1-11-7-6(8)2-5(3-9)4-10-7/h2,4H,1H3. The summed E-state index contributed by atoms with van der Waals surface area (Å²) in [4.78, 5) is 3.73.